The quantitative estimate of drug-likeness (QED) is 0.448. The fourth-order valence-corrected chi connectivity index (χ4v) is 3.75. The van der Waals surface area contributed by atoms with Crippen LogP contribution in [0, 0.1) is 11.3 Å². The van der Waals surface area contributed by atoms with Gasteiger partial charge >= 0.3 is 0 Å². The molecule has 0 saturated carbocycles. The topological polar surface area (TPSA) is 136 Å². The second-order valence-corrected chi connectivity index (χ2v) is 7.33. The molecular formula is C22H18ClN7O. The van der Waals surface area contributed by atoms with Crippen molar-refractivity contribution in [1.29, 1.82) is 5.26 Å². The molecule has 0 aliphatic heterocycles. The highest BCUT2D eigenvalue weighted by Gasteiger charge is 2.20. The van der Waals surface area contributed by atoms with Crippen LogP contribution in [-0.4, -0.2) is 14.5 Å². The molecule has 2 aromatic heterocycles. The lowest BCUT2D eigenvalue weighted by molar-refractivity contribution is 0.773. The van der Waals surface area contributed by atoms with Crippen molar-refractivity contribution < 1.29 is 0 Å². The smallest absolute Gasteiger partial charge is 0.264 e. The van der Waals surface area contributed by atoms with E-state index in [1.54, 1.807) is 16.7 Å². The van der Waals surface area contributed by atoms with E-state index in [0.717, 1.165) is 0 Å². The molecule has 2 aromatic carbocycles. The van der Waals surface area contributed by atoms with Gasteiger partial charge in [0.15, 0.2) is 5.82 Å². The first kappa shape index (κ1) is 20.2. The zero-order valence-electron chi connectivity index (χ0n) is 16.5. The zero-order chi connectivity index (χ0) is 22.1. The van der Waals surface area contributed by atoms with Gasteiger partial charge in [0.25, 0.3) is 5.56 Å². The lowest BCUT2D eigenvalue weighted by Gasteiger charge is -2.22. The van der Waals surface area contributed by atoms with E-state index in [0.29, 0.717) is 27.2 Å². The number of benzene rings is 2. The standard InChI is InChI=1S/C22H18ClN7O/c1-12(27-20-15(11-24)19(25)28-22(26)29-20)17-10-13-6-5-9-16(23)18(13)21(31)30(17)14-7-3-2-4-8-14/h2-10,12H,1H3,(H5,25,26,27,28,29). The number of aromatic nitrogens is 3. The van der Waals surface area contributed by atoms with Crippen molar-refractivity contribution in [2.45, 2.75) is 13.0 Å². The highest BCUT2D eigenvalue weighted by molar-refractivity contribution is 6.35. The largest absolute Gasteiger partial charge is 0.382 e. The Bertz CT molecular complexity index is 1390. The monoisotopic (exact) mass is 431 g/mol. The Morgan fingerprint density at radius 1 is 1.13 bits per heavy atom. The maximum Gasteiger partial charge on any atom is 0.264 e. The van der Waals surface area contributed by atoms with Crippen LogP contribution in [0.15, 0.2) is 59.4 Å². The molecule has 0 amide bonds. The van der Waals surface area contributed by atoms with E-state index in [2.05, 4.69) is 15.3 Å². The van der Waals surface area contributed by atoms with Gasteiger partial charge in [-0.15, -0.1) is 0 Å². The van der Waals surface area contributed by atoms with Crippen molar-refractivity contribution in [3.8, 4) is 11.8 Å². The van der Waals surface area contributed by atoms with Crippen molar-refractivity contribution in [3.05, 3.63) is 81.2 Å². The summed E-state index contributed by atoms with van der Waals surface area (Å²) >= 11 is 6.35. The third kappa shape index (κ3) is 3.63. The summed E-state index contributed by atoms with van der Waals surface area (Å²) in [7, 11) is 0. The molecule has 31 heavy (non-hydrogen) atoms. The SMILES string of the molecule is CC(Nc1nc(N)nc(N)c1C#N)c1cc2cccc(Cl)c2c(=O)n1-c1ccccc1. The van der Waals surface area contributed by atoms with Gasteiger partial charge in [-0.3, -0.25) is 9.36 Å². The minimum Gasteiger partial charge on any atom is -0.382 e. The molecule has 1 atom stereocenters. The van der Waals surface area contributed by atoms with Gasteiger partial charge in [-0.05, 0) is 36.6 Å². The Morgan fingerprint density at radius 2 is 1.87 bits per heavy atom. The third-order valence-corrected chi connectivity index (χ3v) is 5.22. The number of hydrogen-bond acceptors (Lipinski definition) is 7. The summed E-state index contributed by atoms with van der Waals surface area (Å²) in [6, 6.07) is 18.0. The number of halogens is 1. The molecule has 154 valence electrons. The molecular weight excluding hydrogens is 414 g/mol. The Labute approximate surface area is 182 Å². The third-order valence-electron chi connectivity index (χ3n) is 4.90. The van der Waals surface area contributed by atoms with Crippen LogP contribution in [0.1, 0.15) is 24.2 Å². The van der Waals surface area contributed by atoms with E-state index < -0.39 is 6.04 Å². The van der Waals surface area contributed by atoms with Crippen LogP contribution in [0.5, 0.6) is 0 Å². The van der Waals surface area contributed by atoms with Crippen LogP contribution in [0.4, 0.5) is 17.6 Å². The summed E-state index contributed by atoms with van der Waals surface area (Å²) in [5.74, 6) is 0.116. The van der Waals surface area contributed by atoms with E-state index in [1.807, 2.05) is 55.5 Å². The Kier molecular flexibility index (Phi) is 5.19. The van der Waals surface area contributed by atoms with Crippen LogP contribution < -0.4 is 22.3 Å². The van der Waals surface area contributed by atoms with E-state index in [4.69, 9.17) is 23.1 Å². The van der Waals surface area contributed by atoms with Gasteiger partial charge in [-0.1, -0.05) is 41.9 Å². The fraction of sp³-hybridized carbons (Fsp3) is 0.0909. The number of pyridine rings is 1. The molecule has 0 aliphatic rings. The number of rotatable bonds is 4. The Hall–Kier alpha value is -4.09. The second kappa shape index (κ2) is 7.97. The number of hydrogen-bond donors (Lipinski definition) is 3. The van der Waals surface area contributed by atoms with Crippen molar-refractivity contribution in [2.24, 2.45) is 0 Å². The van der Waals surface area contributed by atoms with Gasteiger partial charge < -0.3 is 16.8 Å². The summed E-state index contributed by atoms with van der Waals surface area (Å²) < 4.78 is 1.59. The molecule has 5 N–H and O–H groups in total. The molecule has 0 fully saturated rings. The number of anilines is 3. The van der Waals surface area contributed by atoms with Crippen LogP contribution in [0.25, 0.3) is 16.5 Å². The van der Waals surface area contributed by atoms with Crippen LogP contribution in [0.2, 0.25) is 5.02 Å². The van der Waals surface area contributed by atoms with Gasteiger partial charge in [0.2, 0.25) is 5.95 Å². The molecule has 4 aromatic rings. The summed E-state index contributed by atoms with van der Waals surface area (Å²) in [6.45, 7) is 1.85. The Balaban J connectivity index is 1.94. The molecule has 8 nitrogen and oxygen atoms in total. The van der Waals surface area contributed by atoms with Gasteiger partial charge in [0, 0.05) is 11.4 Å². The normalized spacial score (nSPS) is 11.8. The molecule has 4 rings (SSSR count). The van der Waals surface area contributed by atoms with Gasteiger partial charge in [0.05, 0.1) is 16.5 Å². The highest BCUT2D eigenvalue weighted by Crippen LogP contribution is 2.28. The number of nitrogens with one attached hydrogen (secondary N) is 1. The number of nitrogen functional groups attached to an aromatic ring is 2. The maximum atomic E-state index is 13.5. The van der Waals surface area contributed by atoms with Gasteiger partial charge in [-0.2, -0.15) is 15.2 Å². The first-order chi connectivity index (χ1) is 14.9. The highest BCUT2D eigenvalue weighted by atomic mass is 35.5. The van der Waals surface area contributed by atoms with E-state index in [1.165, 1.54) is 0 Å². The molecule has 0 bridgehead atoms. The number of fused-ring (bicyclic) bond motifs is 1. The van der Waals surface area contributed by atoms with Crippen molar-refractivity contribution in [1.82, 2.24) is 14.5 Å². The summed E-state index contributed by atoms with van der Waals surface area (Å²) in [5.41, 5.74) is 12.7. The van der Waals surface area contributed by atoms with E-state index in [9.17, 15) is 10.1 Å². The van der Waals surface area contributed by atoms with Crippen LogP contribution >= 0.6 is 11.6 Å². The van der Waals surface area contributed by atoms with Crippen LogP contribution in [0.3, 0.4) is 0 Å². The minimum absolute atomic E-state index is 0.0181. The molecule has 9 heteroatoms. The average molecular weight is 432 g/mol. The van der Waals surface area contributed by atoms with Crippen molar-refractivity contribution >= 4 is 40.0 Å². The second-order valence-electron chi connectivity index (χ2n) is 6.92. The summed E-state index contributed by atoms with van der Waals surface area (Å²) in [5, 5.41) is 14.1. The molecule has 0 radical (unpaired) electrons. The number of para-hydroxylation sites is 1. The summed E-state index contributed by atoms with van der Waals surface area (Å²) in [6.07, 6.45) is 0. The van der Waals surface area contributed by atoms with Crippen LogP contribution in [-0.2, 0) is 0 Å². The zero-order valence-corrected chi connectivity index (χ0v) is 17.3. The predicted octanol–water partition coefficient (Wildman–Crippen LogP) is 3.64. The number of nitrogens with zero attached hydrogens (tertiary/aromatic N) is 4. The molecule has 2 heterocycles. The number of nitriles is 1. The predicted molar refractivity (Wildman–Crippen MR) is 122 cm³/mol. The lowest BCUT2D eigenvalue weighted by Crippen LogP contribution is -2.26. The average Bonchev–Trinajstić information content (AvgIpc) is 2.74. The molecule has 1 unspecified atom stereocenters. The number of nitrogens with two attached hydrogens (primary N) is 2. The minimum atomic E-state index is -0.447. The van der Waals surface area contributed by atoms with Crippen molar-refractivity contribution in [2.75, 3.05) is 16.8 Å². The van der Waals surface area contributed by atoms with Gasteiger partial charge in [0.1, 0.15) is 17.5 Å². The first-order valence-corrected chi connectivity index (χ1v) is 9.77. The lowest BCUT2D eigenvalue weighted by atomic mass is 10.1. The van der Waals surface area contributed by atoms with E-state index in [-0.39, 0.29) is 28.7 Å². The van der Waals surface area contributed by atoms with E-state index >= 15 is 0 Å². The Morgan fingerprint density at radius 3 is 2.58 bits per heavy atom. The summed E-state index contributed by atoms with van der Waals surface area (Å²) in [4.78, 5) is 21.4. The van der Waals surface area contributed by atoms with Gasteiger partial charge in [-0.25, -0.2) is 0 Å². The molecule has 0 aliphatic carbocycles. The van der Waals surface area contributed by atoms with Crippen molar-refractivity contribution in [3.63, 3.8) is 0 Å². The molecule has 0 spiro atoms. The molecule has 0 saturated heterocycles. The maximum absolute atomic E-state index is 13.5. The fourth-order valence-electron chi connectivity index (χ4n) is 3.49. The first-order valence-electron chi connectivity index (χ1n) is 9.40.